The molecule has 0 amide bonds. The molecule has 0 saturated carbocycles. The molecule has 0 radical (unpaired) electrons. The van der Waals surface area contributed by atoms with E-state index in [1.54, 1.807) is 11.3 Å². The maximum atomic E-state index is 5.79. The summed E-state index contributed by atoms with van der Waals surface area (Å²) in [7, 11) is 1.92. The van der Waals surface area contributed by atoms with Gasteiger partial charge < -0.3 is 5.73 Å². The Bertz CT molecular complexity index is 685. The van der Waals surface area contributed by atoms with E-state index in [1.807, 2.05) is 47.4 Å². The fraction of sp³-hybridized carbons (Fsp3) is 0.143. The lowest BCUT2D eigenvalue weighted by molar-refractivity contribution is 0.718. The number of nitrogens with zero attached hydrogens (tertiary/aromatic N) is 3. The standard InChI is InChI=1S/C14H14N4S/c1-18-13(9-10-4-2-5-11(15)8-10)16-14(17-18)12-6-3-7-19-12/h2-8H,9,15H2,1H3. The van der Waals surface area contributed by atoms with Crippen molar-refractivity contribution in [3.05, 3.63) is 53.2 Å². The molecule has 4 nitrogen and oxygen atoms in total. The Hall–Kier alpha value is -2.14. The molecular weight excluding hydrogens is 256 g/mol. The van der Waals surface area contributed by atoms with Gasteiger partial charge in [-0.25, -0.2) is 4.98 Å². The Kier molecular flexibility index (Phi) is 3.05. The summed E-state index contributed by atoms with van der Waals surface area (Å²) in [5, 5.41) is 6.49. The maximum absolute atomic E-state index is 5.79. The van der Waals surface area contributed by atoms with Crippen LogP contribution in [0.1, 0.15) is 11.4 Å². The monoisotopic (exact) mass is 270 g/mol. The van der Waals surface area contributed by atoms with Gasteiger partial charge in [0.1, 0.15) is 5.82 Å². The van der Waals surface area contributed by atoms with Crippen molar-refractivity contribution in [1.82, 2.24) is 14.8 Å². The molecule has 0 fully saturated rings. The van der Waals surface area contributed by atoms with Crippen molar-refractivity contribution in [3.63, 3.8) is 0 Å². The molecule has 0 saturated heterocycles. The number of nitrogens with two attached hydrogens (primary N) is 1. The van der Waals surface area contributed by atoms with Gasteiger partial charge in [-0.1, -0.05) is 18.2 Å². The topological polar surface area (TPSA) is 56.7 Å². The molecular formula is C14H14N4S. The number of anilines is 1. The van der Waals surface area contributed by atoms with E-state index in [-0.39, 0.29) is 0 Å². The van der Waals surface area contributed by atoms with Crippen LogP contribution >= 0.6 is 11.3 Å². The number of aryl methyl sites for hydroxylation is 1. The van der Waals surface area contributed by atoms with Crippen molar-refractivity contribution in [2.24, 2.45) is 7.05 Å². The number of hydrogen-bond donors (Lipinski definition) is 1. The minimum atomic E-state index is 0.736. The van der Waals surface area contributed by atoms with Crippen LogP contribution in [0.4, 0.5) is 5.69 Å². The number of hydrogen-bond acceptors (Lipinski definition) is 4. The van der Waals surface area contributed by atoms with E-state index in [4.69, 9.17) is 5.73 Å². The minimum Gasteiger partial charge on any atom is -0.399 e. The first kappa shape index (κ1) is 11.9. The second kappa shape index (κ2) is 4.85. The number of aromatic nitrogens is 3. The first-order valence-corrected chi connectivity index (χ1v) is 6.88. The second-order valence-electron chi connectivity index (χ2n) is 4.37. The van der Waals surface area contributed by atoms with Crippen molar-refractivity contribution in [1.29, 1.82) is 0 Å². The first-order valence-electron chi connectivity index (χ1n) is 6.00. The SMILES string of the molecule is Cn1nc(-c2cccs2)nc1Cc1cccc(N)c1. The quantitative estimate of drug-likeness (QED) is 0.744. The molecule has 0 spiro atoms. The van der Waals surface area contributed by atoms with Gasteiger partial charge in [0.15, 0.2) is 5.82 Å². The van der Waals surface area contributed by atoms with Gasteiger partial charge in [0.05, 0.1) is 4.88 Å². The summed E-state index contributed by atoms with van der Waals surface area (Å²) in [6.07, 6.45) is 0.736. The Morgan fingerprint density at radius 3 is 2.89 bits per heavy atom. The molecule has 2 heterocycles. The fourth-order valence-corrected chi connectivity index (χ4v) is 2.62. The predicted octanol–water partition coefficient (Wildman–Crippen LogP) is 2.72. The van der Waals surface area contributed by atoms with Crippen molar-refractivity contribution in [3.8, 4) is 10.7 Å². The zero-order valence-corrected chi connectivity index (χ0v) is 11.4. The molecule has 0 aliphatic rings. The highest BCUT2D eigenvalue weighted by molar-refractivity contribution is 7.13. The number of rotatable bonds is 3. The van der Waals surface area contributed by atoms with Crippen LogP contribution in [0.3, 0.4) is 0 Å². The molecule has 0 bridgehead atoms. The summed E-state index contributed by atoms with van der Waals surface area (Å²) >= 11 is 1.65. The smallest absolute Gasteiger partial charge is 0.191 e. The predicted molar refractivity (Wildman–Crippen MR) is 78.0 cm³/mol. The summed E-state index contributed by atoms with van der Waals surface area (Å²) in [5.41, 5.74) is 7.71. The zero-order valence-electron chi connectivity index (χ0n) is 10.6. The van der Waals surface area contributed by atoms with Crippen LogP contribution in [0.2, 0.25) is 0 Å². The first-order chi connectivity index (χ1) is 9.22. The normalized spacial score (nSPS) is 10.8. The van der Waals surface area contributed by atoms with Crippen LogP contribution in [0.15, 0.2) is 41.8 Å². The van der Waals surface area contributed by atoms with E-state index in [9.17, 15) is 0 Å². The molecule has 0 aliphatic heterocycles. The lowest BCUT2D eigenvalue weighted by Gasteiger charge is -2.01. The van der Waals surface area contributed by atoms with Gasteiger partial charge in [-0.3, -0.25) is 4.68 Å². The van der Waals surface area contributed by atoms with E-state index >= 15 is 0 Å². The fourth-order valence-electron chi connectivity index (χ4n) is 1.97. The highest BCUT2D eigenvalue weighted by Crippen LogP contribution is 2.22. The summed E-state index contributed by atoms with van der Waals surface area (Å²) in [6.45, 7) is 0. The van der Waals surface area contributed by atoms with Gasteiger partial charge in [0.25, 0.3) is 0 Å². The van der Waals surface area contributed by atoms with Crippen molar-refractivity contribution in [2.45, 2.75) is 6.42 Å². The third kappa shape index (κ3) is 2.51. The van der Waals surface area contributed by atoms with E-state index < -0.39 is 0 Å². The zero-order chi connectivity index (χ0) is 13.2. The molecule has 19 heavy (non-hydrogen) atoms. The van der Waals surface area contributed by atoms with Gasteiger partial charge >= 0.3 is 0 Å². The van der Waals surface area contributed by atoms with Crippen molar-refractivity contribution >= 4 is 17.0 Å². The molecule has 0 aliphatic carbocycles. The molecule has 96 valence electrons. The van der Waals surface area contributed by atoms with Crippen LogP contribution < -0.4 is 5.73 Å². The van der Waals surface area contributed by atoms with Gasteiger partial charge in [0, 0.05) is 19.2 Å². The highest BCUT2D eigenvalue weighted by atomic mass is 32.1. The van der Waals surface area contributed by atoms with Crippen LogP contribution in [0.5, 0.6) is 0 Å². The Morgan fingerprint density at radius 2 is 2.16 bits per heavy atom. The van der Waals surface area contributed by atoms with Gasteiger partial charge in [-0.15, -0.1) is 11.3 Å². The Morgan fingerprint density at radius 1 is 1.26 bits per heavy atom. The molecule has 2 aromatic heterocycles. The third-order valence-corrected chi connectivity index (χ3v) is 3.77. The molecule has 0 atom stereocenters. The molecule has 1 aromatic carbocycles. The summed E-state index contributed by atoms with van der Waals surface area (Å²) in [6, 6.07) is 11.9. The molecule has 3 rings (SSSR count). The van der Waals surface area contributed by atoms with Crippen molar-refractivity contribution < 1.29 is 0 Å². The van der Waals surface area contributed by atoms with Crippen LogP contribution in [0, 0.1) is 0 Å². The lowest BCUT2D eigenvalue weighted by atomic mass is 10.1. The minimum absolute atomic E-state index is 0.736. The lowest BCUT2D eigenvalue weighted by Crippen LogP contribution is -2.00. The summed E-state index contributed by atoms with van der Waals surface area (Å²) in [4.78, 5) is 5.69. The largest absolute Gasteiger partial charge is 0.399 e. The van der Waals surface area contributed by atoms with Gasteiger partial charge in [-0.2, -0.15) is 5.10 Å². The number of thiophene rings is 1. The van der Waals surface area contributed by atoms with E-state index in [1.165, 1.54) is 0 Å². The summed E-state index contributed by atoms with van der Waals surface area (Å²) in [5.74, 6) is 1.73. The van der Waals surface area contributed by atoms with Gasteiger partial charge in [-0.05, 0) is 29.1 Å². The molecule has 2 N–H and O–H groups in total. The molecule has 3 aromatic rings. The third-order valence-electron chi connectivity index (χ3n) is 2.91. The van der Waals surface area contributed by atoms with Crippen LogP contribution in [-0.4, -0.2) is 14.8 Å². The van der Waals surface area contributed by atoms with Crippen molar-refractivity contribution in [2.75, 3.05) is 5.73 Å². The van der Waals surface area contributed by atoms with E-state index in [0.717, 1.165) is 34.2 Å². The summed E-state index contributed by atoms with van der Waals surface area (Å²) < 4.78 is 1.83. The van der Waals surface area contributed by atoms with Gasteiger partial charge in [0.2, 0.25) is 0 Å². The Balaban J connectivity index is 1.90. The van der Waals surface area contributed by atoms with E-state index in [2.05, 4.69) is 16.1 Å². The Labute approximate surface area is 115 Å². The van der Waals surface area contributed by atoms with Crippen LogP contribution in [0.25, 0.3) is 10.7 Å². The second-order valence-corrected chi connectivity index (χ2v) is 5.32. The van der Waals surface area contributed by atoms with E-state index in [0.29, 0.717) is 0 Å². The number of nitrogen functional groups attached to an aromatic ring is 1. The average Bonchev–Trinajstić information content (AvgIpc) is 3.00. The van der Waals surface area contributed by atoms with Crippen LogP contribution in [-0.2, 0) is 13.5 Å². The maximum Gasteiger partial charge on any atom is 0.191 e. The molecule has 0 unspecified atom stereocenters. The average molecular weight is 270 g/mol. The number of benzene rings is 1. The molecule has 5 heteroatoms. The highest BCUT2D eigenvalue weighted by Gasteiger charge is 2.10.